The van der Waals surface area contributed by atoms with E-state index >= 15 is 0 Å². The summed E-state index contributed by atoms with van der Waals surface area (Å²) in [5.74, 6) is 0.578. The Hall–Kier alpha value is -0.620. The van der Waals surface area contributed by atoms with Gasteiger partial charge in [0, 0.05) is 31.6 Å². The standard InChI is InChI=1S/C16H26F3N5S.HI/c1-3-12-6-4-5-8-24(12)9-7-21-15(20-2)22-10-14-23-13(11-25-14)16(17,18)19;/h11-12H,3-10H2,1-2H3,(H2,20,21,22);1H. The van der Waals surface area contributed by atoms with E-state index in [0.29, 0.717) is 17.0 Å². The van der Waals surface area contributed by atoms with Gasteiger partial charge in [-0.3, -0.25) is 9.89 Å². The smallest absolute Gasteiger partial charge is 0.355 e. The number of nitrogens with one attached hydrogen (secondary N) is 2. The third-order valence-corrected chi connectivity index (χ3v) is 5.23. The molecule has 0 aliphatic carbocycles. The van der Waals surface area contributed by atoms with E-state index in [1.54, 1.807) is 7.05 Å². The van der Waals surface area contributed by atoms with Crippen LogP contribution in [0.1, 0.15) is 43.3 Å². The van der Waals surface area contributed by atoms with Gasteiger partial charge in [0.15, 0.2) is 11.7 Å². The Labute approximate surface area is 173 Å². The largest absolute Gasteiger partial charge is 0.434 e. The summed E-state index contributed by atoms with van der Waals surface area (Å²) in [4.78, 5) is 10.2. The number of aliphatic imine (C=N–C) groups is 1. The van der Waals surface area contributed by atoms with E-state index in [1.807, 2.05) is 0 Å². The van der Waals surface area contributed by atoms with Gasteiger partial charge in [0.25, 0.3) is 0 Å². The fourth-order valence-corrected chi connectivity index (χ4v) is 3.78. The van der Waals surface area contributed by atoms with Gasteiger partial charge in [-0.25, -0.2) is 4.98 Å². The minimum atomic E-state index is -4.39. The second kappa shape index (κ2) is 11.3. The Morgan fingerprint density at radius 2 is 2.15 bits per heavy atom. The predicted octanol–water partition coefficient (Wildman–Crippen LogP) is 3.71. The molecule has 150 valence electrons. The number of hydrogen-bond acceptors (Lipinski definition) is 4. The Bertz CT molecular complexity index is 564. The maximum absolute atomic E-state index is 12.6. The zero-order valence-electron chi connectivity index (χ0n) is 15.1. The molecule has 2 rings (SSSR count). The molecule has 1 atom stereocenters. The lowest BCUT2D eigenvalue weighted by Crippen LogP contribution is -2.45. The monoisotopic (exact) mass is 505 g/mol. The summed E-state index contributed by atoms with van der Waals surface area (Å²) in [6, 6.07) is 0.654. The predicted molar refractivity (Wildman–Crippen MR) is 110 cm³/mol. The molecular formula is C16H27F3IN5S. The lowest BCUT2D eigenvalue weighted by molar-refractivity contribution is -0.140. The summed E-state index contributed by atoms with van der Waals surface area (Å²) in [5, 5.41) is 7.66. The number of rotatable bonds is 6. The molecule has 1 aromatic rings. The summed E-state index contributed by atoms with van der Waals surface area (Å²) in [6.45, 7) is 5.27. The van der Waals surface area contributed by atoms with Crippen molar-refractivity contribution in [2.45, 2.75) is 51.4 Å². The molecule has 1 fully saturated rings. The van der Waals surface area contributed by atoms with Crippen molar-refractivity contribution in [3.05, 3.63) is 16.1 Å². The first kappa shape index (κ1) is 23.4. The zero-order valence-corrected chi connectivity index (χ0v) is 18.3. The van der Waals surface area contributed by atoms with Crippen LogP contribution in [0.25, 0.3) is 0 Å². The van der Waals surface area contributed by atoms with Crippen LogP contribution >= 0.6 is 35.3 Å². The lowest BCUT2D eigenvalue weighted by Gasteiger charge is -2.35. The number of guanidine groups is 1. The molecule has 1 aromatic heterocycles. The number of piperidine rings is 1. The van der Waals surface area contributed by atoms with Crippen molar-refractivity contribution in [2.75, 3.05) is 26.7 Å². The highest BCUT2D eigenvalue weighted by Gasteiger charge is 2.33. The fraction of sp³-hybridized carbons (Fsp3) is 0.750. The number of alkyl halides is 3. The van der Waals surface area contributed by atoms with E-state index in [0.717, 1.165) is 36.4 Å². The average Bonchev–Trinajstić information content (AvgIpc) is 3.07. The highest BCUT2D eigenvalue weighted by molar-refractivity contribution is 14.0. The quantitative estimate of drug-likeness (QED) is 0.352. The second-order valence-corrected chi connectivity index (χ2v) is 7.01. The van der Waals surface area contributed by atoms with Crippen molar-refractivity contribution in [1.82, 2.24) is 20.5 Å². The number of nitrogens with zero attached hydrogens (tertiary/aromatic N) is 3. The summed E-state index contributed by atoms with van der Waals surface area (Å²) < 4.78 is 37.7. The van der Waals surface area contributed by atoms with E-state index < -0.39 is 11.9 Å². The van der Waals surface area contributed by atoms with Gasteiger partial charge in [-0.2, -0.15) is 13.2 Å². The molecule has 0 radical (unpaired) electrons. The maximum atomic E-state index is 12.6. The minimum Gasteiger partial charge on any atom is -0.355 e. The number of halogens is 4. The summed E-state index contributed by atoms with van der Waals surface area (Å²) >= 11 is 0.994. The van der Waals surface area contributed by atoms with Crippen LogP contribution in [0.3, 0.4) is 0 Å². The molecule has 26 heavy (non-hydrogen) atoms. The number of likely N-dealkylation sites (tertiary alicyclic amines) is 1. The van der Waals surface area contributed by atoms with Crippen LogP contribution in [-0.2, 0) is 12.7 Å². The molecule has 1 unspecified atom stereocenters. The van der Waals surface area contributed by atoms with Crippen molar-refractivity contribution in [1.29, 1.82) is 0 Å². The Morgan fingerprint density at radius 1 is 1.38 bits per heavy atom. The van der Waals surface area contributed by atoms with Crippen LogP contribution in [0.4, 0.5) is 13.2 Å². The molecule has 5 nitrogen and oxygen atoms in total. The fourth-order valence-electron chi connectivity index (χ4n) is 3.04. The van der Waals surface area contributed by atoms with Crippen molar-refractivity contribution >= 4 is 41.3 Å². The molecule has 10 heteroatoms. The number of aromatic nitrogens is 1. The molecule has 0 spiro atoms. The van der Waals surface area contributed by atoms with Gasteiger partial charge < -0.3 is 10.6 Å². The van der Waals surface area contributed by atoms with Crippen molar-refractivity contribution in [3.63, 3.8) is 0 Å². The van der Waals surface area contributed by atoms with E-state index in [9.17, 15) is 13.2 Å². The molecule has 0 saturated carbocycles. The normalized spacial score (nSPS) is 19.1. The number of hydrogen-bond donors (Lipinski definition) is 2. The van der Waals surface area contributed by atoms with Crippen LogP contribution in [-0.4, -0.2) is 48.6 Å². The van der Waals surface area contributed by atoms with Gasteiger partial charge in [-0.1, -0.05) is 13.3 Å². The third kappa shape index (κ3) is 7.18. The van der Waals surface area contributed by atoms with Crippen molar-refractivity contribution < 1.29 is 13.2 Å². The van der Waals surface area contributed by atoms with E-state index in [-0.39, 0.29) is 30.5 Å². The first-order valence-electron chi connectivity index (χ1n) is 8.64. The van der Waals surface area contributed by atoms with Crippen LogP contribution in [0.2, 0.25) is 0 Å². The molecule has 0 aromatic carbocycles. The first-order valence-corrected chi connectivity index (χ1v) is 9.52. The molecule has 0 bridgehead atoms. The van der Waals surface area contributed by atoms with Gasteiger partial charge in [-0.15, -0.1) is 35.3 Å². The van der Waals surface area contributed by atoms with Crippen LogP contribution in [0, 0.1) is 0 Å². The molecule has 0 amide bonds. The van der Waals surface area contributed by atoms with E-state index in [4.69, 9.17) is 0 Å². The SMILES string of the molecule is CCC1CCCCN1CCNC(=NC)NCc1nc(C(F)(F)F)cs1.I. The van der Waals surface area contributed by atoms with Gasteiger partial charge in [0.1, 0.15) is 5.01 Å². The van der Waals surface area contributed by atoms with Gasteiger partial charge >= 0.3 is 6.18 Å². The van der Waals surface area contributed by atoms with Crippen molar-refractivity contribution in [3.8, 4) is 0 Å². The average molecular weight is 505 g/mol. The van der Waals surface area contributed by atoms with Crippen LogP contribution < -0.4 is 10.6 Å². The zero-order chi connectivity index (χ0) is 18.3. The first-order chi connectivity index (χ1) is 11.9. The van der Waals surface area contributed by atoms with E-state index in [1.165, 1.54) is 25.7 Å². The van der Waals surface area contributed by atoms with Gasteiger partial charge in [-0.05, 0) is 25.8 Å². The van der Waals surface area contributed by atoms with Crippen molar-refractivity contribution in [2.24, 2.45) is 4.99 Å². The Kier molecular flexibility index (Phi) is 10.2. The molecule has 1 saturated heterocycles. The van der Waals surface area contributed by atoms with Gasteiger partial charge in [0.05, 0.1) is 6.54 Å². The highest BCUT2D eigenvalue weighted by Crippen LogP contribution is 2.29. The maximum Gasteiger partial charge on any atom is 0.434 e. The molecular weight excluding hydrogens is 478 g/mol. The minimum absolute atomic E-state index is 0. The molecule has 1 aliphatic rings. The summed E-state index contributed by atoms with van der Waals surface area (Å²) in [7, 11) is 1.65. The summed E-state index contributed by atoms with van der Waals surface area (Å²) in [5.41, 5.74) is -0.840. The van der Waals surface area contributed by atoms with Crippen LogP contribution in [0.5, 0.6) is 0 Å². The highest BCUT2D eigenvalue weighted by atomic mass is 127. The second-order valence-electron chi connectivity index (χ2n) is 6.07. The molecule has 2 N–H and O–H groups in total. The van der Waals surface area contributed by atoms with E-state index in [2.05, 4.69) is 32.4 Å². The topological polar surface area (TPSA) is 52.5 Å². The lowest BCUT2D eigenvalue weighted by atomic mass is 10.0. The summed E-state index contributed by atoms with van der Waals surface area (Å²) in [6.07, 6.45) is 0.584. The van der Waals surface area contributed by atoms with Crippen LogP contribution in [0.15, 0.2) is 10.4 Å². The third-order valence-electron chi connectivity index (χ3n) is 4.38. The molecule has 1 aliphatic heterocycles. The number of thiazole rings is 1. The Balaban J connectivity index is 0.00000338. The van der Waals surface area contributed by atoms with Gasteiger partial charge in [0.2, 0.25) is 0 Å². The molecule has 2 heterocycles. The Morgan fingerprint density at radius 3 is 2.77 bits per heavy atom.